The summed E-state index contributed by atoms with van der Waals surface area (Å²) in [5, 5.41) is 3.83. The molecule has 20 heavy (non-hydrogen) atoms. The van der Waals surface area contributed by atoms with Crippen molar-refractivity contribution in [3.05, 3.63) is 29.8 Å². The normalized spacial score (nSPS) is 31.6. The van der Waals surface area contributed by atoms with Crippen molar-refractivity contribution in [3.63, 3.8) is 0 Å². The summed E-state index contributed by atoms with van der Waals surface area (Å²) in [6, 6.07) is 8.93. The van der Waals surface area contributed by atoms with Gasteiger partial charge in [-0.15, -0.1) is 0 Å². The van der Waals surface area contributed by atoms with Gasteiger partial charge in [0.25, 0.3) is 0 Å². The molecule has 3 atom stereocenters. The van der Waals surface area contributed by atoms with Crippen LogP contribution >= 0.6 is 0 Å². The summed E-state index contributed by atoms with van der Waals surface area (Å²) >= 11 is 0. The lowest BCUT2D eigenvalue weighted by Crippen LogP contribution is -2.40. The van der Waals surface area contributed by atoms with Crippen LogP contribution in [-0.4, -0.2) is 12.1 Å². The van der Waals surface area contributed by atoms with Gasteiger partial charge in [0, 0.05) is 18.0 Å². The fourth-order valence-corrected chi connectivity index (χ4v) is 3.80. The number of benzene rings is 1. The minimum Gasteiger partial charge on any atom is -0.487 e. The van der Waals surface area contributed by atoms with Gasteiger partial charge >= 0.3 is 0 Å². The van der Waals surface area contributed by atoms with Gasteiger partial charge in [0.2, 0.25) is 0 Å². The molecule has 1 aliphatic carbocycles. The second-order valence-corrected chi connectivity index (χ2v) is 7.23. The van der Waals surface area contributed by atoms with Crippen molar-refractivity contribution in [2.24, 2.45) is 11.8 Å². The summed E-state index contributed by atoms with van der Waals surface area (Å²) in [5.74, 6) is 2.79. The summed E-state index contributed by atoms with van der Waals surface area (Å²) < 4.78 is 6.10. The Morgan fingerprint density at radius 3 is 2.80 bits per heavy atom. The third kappa shape index (κ3) is 2.85. The van der Waals surface area contributed by atoms with E-state index in [-0.39, 0.29) is 5.60 Å². The van der Waals surface area contributed by atoms with Crippen molar-refractivity contribution in [1.29, 1.82) is 0 Å². The molecule has 2 nitrogen and oxygen atoms in total. The third-order valence-corrected chi connectivity index (χ3v) is 5.04. The van der Waals surface area contributed by atoms with E-state index in [0.717, 1.165) is 30.6 Å². The number of nitrogens with one attached hydrogen (secondary N) is 1. The van der Waals surface area contributed by atoms with Crippen molar-refractivity contribution >= 4 is 0 Å². The molecule has 0 spiro atoms. The average Bonchev–Trinajstić information content (AvgIpc) is 2.80. The number of rotatable bonds is 3. The highest BCUT2D eigenvalue weighted by Gasteiger charge is 2.34. The van der Waals surface area contributed by atoms with Crippen LogP contribution in [0, 0.1) is 11.8 Å². The van der Waals surface area contributed by atoms with Crippen LogP contribution in [0.3, 0.4) is 0 Å². The molecule has 1 aromatic carbocycles. The molecule has 1 N–H and O–H groups in total. The quantitative estimate of drug-likeness (QED) is 0.886. The minimum atomic E-state index is -0.0761. The smallest absolute Gasteiger partial charge is 0.124 e. The summed E-state index contributed by atoms with van der Waals surface area (Å²) in [5.41, 5.74) is 1.25. The van der Waals surface area contributed by atoms with E-state index in [1.165, 1.54) is 24.8 Å². The van der Waals surface area contributed by atoms with Crippen LogP contribution in [0.15, 0.2) is 24.3 Å². The van der Waals surface area contributed by atoms with Crippen molar-refractivity contribution < 1.29 is 4.74 Å². The van der Waals surface area contributed by atoms with Crippen LogP contribution < -0.4 is 10.1 Å². The first-order valence-electron chi connectivity index (χ1n) is 8.06. The van der Waals surface area contributed by atoms with E-state index < -0.39 is 0 Å². The molecular weight excluding hydrogens is 246 g/mol. The molecule has 1 aromatic rings. The molecule has 0 bridgehead atoms. The molecular formula is C18H27NO. The van der Waals surface area contributed by atoms with Crippen LogP contribution in [0.1, 0.15) is 58.1 Å². The van der Waals surface area contributed by atoms with E-state index in [1.54, 1.807) is 0 Å². The molecule has 2 heteroatoms. The lowest BCUT2D eigenvalue weighted by atomic mass is 9.89. The maximum absolute atomic E-state index is 6.10. The predicted octanol–water partition coefficient (Wildman–Crippen LogP) is 4.31. The van der Waals surface area contributed by atoms with Crippen LogP contribution in [0.25, 0.3) is 0 Å². The van der Waals surface area contributed by atoms with Gasteiger partial charge in [-0.2, -0.15) is 0 Å². The first-order valence-corrected chi connectivity index (χ1v) is 8.06. The third-order valence-electron chi connectivity index (χ3n) is 5.04. The highest BCUT2D eigenvalue weighted by Crippen LogP contribution is 2.40. The number of hydrogen-bond donors (Lipinski definition) is 1. The van der Waals surface area contributed by atoms with Gasteiger partial charge < -0.3 is 10.1 Å². The molecule has 1 fully saturated rings. The van der Waals surface area contributed by atoms with Crippen LogP contribution in [0.5, 0.6) is 5.75 Å². The molecule has 0 radical (unpaired) electrons. The largest absolute Gasteiger partial charge is 0.487 e. The topological polar surface area (TPSA) is 21.3 Å². The Hall–Kier alpha value is -1.02. The maximum Gasteiger partial charge on any atom is 0.124 e. The number of fused-ring (bicyclic) bond motifs is 1. The monoisotopic (exact) mass is 273 g/mol. The molecule has 0 amide bonds. The molecule has 2 aliphatic rings. The fourth-order valence-electron chi connectivity index (χ4n) is 3.80. The van der Waals surface area contributed by atoms with Gasteiger partial charge in [-0.25, -0.2) is 0 Å². The molecule has 0 aromatic heterocycles. The van der Waals surface area contributed by atoms with E-state index in [4.69, 9.17) is 4.74 Å². The zero-order valence-corrected chi connectivity index (χ0v) is 13.0. The lowest BCUT2D eigenvalue weighted by Gasteiger charge is -2.38. The molecule has 3 unspecified atom stereocenters. The summed E-state index contributed by atoms with van der Waals surface area (Å²) in [6.07, 6.45) is 5.25. The number of para-hydroxylation sites is 1. The Labute approximate surface area is 122 Å². The first kappa shape index (κ1) is 13.9. The fraction of sp³-hybridized carbons (Fsp3) is 0.667. The van der Waals surface area contributed by atoms with Gasteiger partial charge in [-0.1, -0.05) is 38.0 Å². The van der Waals surface area contributed by atoms with Gasteiger partial charge in [0.05, 0.1) is 0 Å². The molecule has 110 valence electrons. The second kappa shape index (κ2) is 5.40. The molecule has 3 rings (SSSR count). The molecule has 1 heterocycles. The summed E-state index contributed by atoms with van der Waals surface area (Å²) in [4.78, 5) is 0. The zero-order valence-electron chi connectivity index (χ0n) is 13.0. The Morgan fingerprint density at radius 1 is 1.25 bits per heavy atom. The van der Waals surface area contributed by atoms with E-state index >= 15 is 0 Å². The standard InChI is InChI=1S/C18H27NO/c1-13-7-6-8-14(13)12-19-16-11-18(2,3)20-17-10-5-4-9-15(16)17/h4-5,9-10,13-14,16,19H,6-8,11-12H2,1-3H3. The van der Waals surface area contributed by atoms with E-state index in [9.17, 15) is 0 Å². The van der Waals surface area contributed by atoms with Crippen LogP contribution in [-0.2, 0) is 0 Å². The Balaban J connectivity index is 1.72. The average molecular weight is 273 g/mol. The maximum atomic E-state index is 6.10. The zero-order chi connectivity index (χ0) is 14.2. The van der Waals surface area contributed by atoms with Gasteiger partial charge in [0.15, 0.2) is 0 Å². The van der Waals surface area contributed by atoms with Crippen molar-refractivity contribution in [2.45, 2.75) is 58.1 Å². The first-order chi connectivity index (χ1) is 9.55. The van der Waals surface area contributed by atoms with Crippen LogP contribution in [0.2, 0.25) is 0 Å². The predicted molar refractivity (Wildman–Crippen MR) is 83.0 cm³/mol. The van der Waals surface area contributed by atoms with Gasteiger partial charge in [-0.05, 0) is 44.7 Å². The highest BCUT2D eigenvalue weighted by atomic mass is 16.5. The SMILES string of the molecule is CC1CCCC1CNC1CC(C)(C)Oc2ccccc21. The van der Waals surface area contributed by atoms with Gasteiger partial charge in [0.1, 0.15) is 11.4 Å². The highest BCUT2D eigenvalue weighted by molar-refractivity contribution is 5.38. The van der Waals surface area contributed by atoms with E-state index in [1.807, 2.05) is 0 Å². The summed E-state index contributed by atoms with van der Waals surface area (Å²) in [7, 11) is 0. The van der Waals surface area contributed by atoms with Crippen molar-refractivity contribution in [1.82, 2.24) is 5.32 Å². The lowest BCUT2D eigenvalue weighted by molar-refractivity contribution is 0.0649. The molecule has 1 saturated carbocycles. The van der Waals surface area contributed by atoms with Crippen molar-refractivity contribution in [3.8, 4) is 5.75 Å². The summed E-state index contributed by atoms with van der Waals surface area (Å²) in [6.45, 7) is 7.93. The van der Waals surface area contributed by atoms with E-state index in [0.29, 0.717) is 6.04 Å². The Morgan fingerprint density at radius 2 is 2.05 bits per heavy atom. The minimum absolute atomic E-state index is 0.0761. The number of ether oxygens (including phenoxy) is 1. The van der Waals surface area contributed by atoms with Crippen LogP contribution in [0.4, 0.5) is 0 Å². The molecule has 1 aliphatic heterocycles. The Bertz CT molecular complexity index is 468. The van der Waals surface area contributed by atoms with Gasteiger partial charge in [-0.3, -0.25) is 0 Å². The van der Waals surface area contributed by atoms with E-state index in [2.05, 4.69) is 50.4 Å². The second-order valence-electron chi connectivity index (χ2n) is 7.23. The Kier molecular flexibility index (Phi) is 3.76. The van der Waals surface area contributed by atoms with Crippen molar-refractivity contribution in [2.75, 3.05) is 6.54 Å². The number of hydrogen-bond acceptors (Lipinski definition) is 2. The molecule has 0 saturated heterocycles.